The summed E-state index contributed by atoms with van der Waals surface area (Å²) in [5.74, 6) is -1.09. The summed E-state index contributed by atoms with van der Waals surface area (Å²) in [6, 6.07) is 18.9. The maximum absolute atomic E-state index is 13.3. The molecule has 4 aromatic rings. The molecule has 3 aromatic carbocycles. The number of imidazole rings is 1. The minimum absolute atomic E-state index is 0.000372. The zero-order valence-corrected chi connectivity index (χ0v) is 23.3. The Morgan fingerprint density at radius 1 is 1.00 bits per heavy atom. The smallest absolute Gasteiger partial charge is 0.295 e. The molecule has 0 bridgehead atoms. The van der Waals surface area contributed by atoms with Crippen LogP contribution in [0.25, 0.3) is 5.76 Å². The number of benzene rings is 3. The summed E-state index contributed by atoms with van der Waals surface area (Å²) in [6.07, 6.45) is 5.78. The number of aliphatic hydroxyl groups is 1. The van der Waals surface area contributed by atoms with Crippen LogP contribution < -0.4 is 4.74 Å². The lowest BCUT2D eigenvalue weighted by atomic mass is 9.95. The number of carbonyl (C=O) groups is 2. The van der Waals surface area contributed by atoms with Gasteiger partial charge in [0.15, 0.2) is 0 Å². The third-order valence-electron chi connectivity index (χ3n) is 6.96. The number of rotatable bonds is 9. The van der Waals surface area contributed by atoms with Crippen molar-refractivity contribution in [2.24, 2.45) is 0 Å². The second-order valence-corrected chi connectivity index (χ2v) is 10.4. The number of aryl methyl sites for hydroxylation is 2. The van der Waals surface area contributed by atoms with Crippen molar-refractivity contribution in [3.8, 4) is 5.75 Å². The number of nitrogens with zero attached hydrogens (tertiary/aromatic N) is 3. The van der Waals surface area contributed by atoms with E-state index in [1.165, 1.54) is 4.90 Å². The molecule has 1 amide bonds. The minimum atomic E-state index is -0.825. The van der Waals surface area contributed by atoms with Gasteiger partial charge in [-0.15, -0.1) is 0 Å². The Kier molecular flexibility index (Phi) is 8.24. The summed E-state index contributed by atoms with van der Waals surface area (Å²) in [6.45, 7) is 3.33. The summed E-state index contributed by atoms with van der Waals surface area (Å²) in [5, 5.41) is 12.0. The molecule has 1 fully saturated rings. The van der Waals surface area contributed by atoms with Crippen molar-refractivity contribution < 1.29 is 19.4 Å². The maximum Gasteiger partial charge on any atom is 0.295 e. The number of hydrogen-bond acceptors (Lipinski definition) is 5. The number of halogens is 2. The lowest BCUT2D eigenvalue weighted by Gasteiger charge is -2.25. The molecule has 1 aliphatic rings. The number of ether oxygens (including phenoxy) is 1. The fourth-order valence-electron chi connectivity index (χ4n) is 4.78. The van der Waals surface area contributed by atoms with Gasteiger partial charge in [0.25, 0.3) is 11.7 Å². The van der Waals surface area contributed by atoms with Crippen LogP contribution in [-0.2, 0) is 22.7 Å². The average Bonchev–Trinajstić information content (AvgIpc) is 3.56. The van der Waals surface area contributed by atoms with Crippen molar-refractivity contribution in [1.82, 2.24) is 14.5 Å². The number of aliphatic hydroxyl groups excluding tert-OH is 1. The van der Waals surface area contributed by atoms with Gasteiger partial charge in [-0.05, 0) is 66.4 Å². The molecule has 9 heteroatoms. The van der Waals surface area contributed by atoms with Crippen LogP contribution in [0.1, 0.15) is 34.7 Å². The molecule has 0 saturated carbocycles. The van der Waals surface area contributed by atoms with E-state index in [4.69, 9.17) is 27.9 Å². The minimum Gasteiger partial charge on any atom is -0.507 e. The third kappa shape index (κ3) is 5.76. The Balaban J connectivity index is 1.43. The third-order valence-corrected chi connectivity index (χ3v) is 7.70. The normalized spacial score (nSPS) is 16.5. The molecule has 1 saturated heterocycles. The van der Waals surface area contributed by atoms with E-state index in [1.54, 1.807) is 55.0 Å². The lowest BCUT2D eigenvalue weighted by Crippen LogP contribution is -2.31. The van der Waals surface area contributed by atoms with Gasteiger partial charge >= 0.3 is 0 Å². The highest BCUT2D eigenvalue weighted by Gasteiger charge is 2.45. The summed E-state index contributed by atoms with van der Waals surface area (Å²) < 4.78 is 7.81. The van der Waals surface area contributed by atoms with E-state index in [0.717, 1.165) is 11.1 Å². The first kappa shape index (κ1) is 27.5. The highest BCUT2D eigenvalue weighted by molar-refractivity contribution is 6.46. The standard InChI is InChI=1S/C31H27Cl2N3O4/c1-20-5-2-3-6-23(20)18-40-24-10-7-21(8-11-24)29(37)27-28(22-9-12-25(32)26(33)17-22)36(31(39)30(27)38)15-4-14-35-16-13-34-19-35/h2-3,5-13,16-17,19,28,37H,4,14-15,18H2,1H3. The Morgan fingerprint density at radius 3 is 2.48 bits per heavy atom. The van der Waals surface area contributed by atoms with Crippen molar-refractivity contribution in [1.29, 1.82) is 0 Å². The SMILES string of the molecule is Cc1ccccc1COc1ccc(C(O)=C2C(=O)C(=O)N(CCCn3ccnc3)C2c2ccc(Cl)c(Cl)c2)cc1. The van der Waals surface area contributed by atoms with Gasteiger partial charge in [-0.1, -0.05) is 53.5 Å². The first-order valence-corrected chi connectivity index (χ1v) is 13.6. The number of aromatic nitrogens is 2. The molecule has 40 heavy (non-hydrogen) atoms. The highest BCUT2D eigenvalue weighted by Crippen LogP contribution is 2.41. The molecule has 204 valence electrons. The van der Waals surface area contributed by atoms with E-state index in [0.29, 0.717) is 46.5 Å². The fourth-order valence-corrected chi connectivity index (χ4v) is 5.09. The topological polar surface area (TPSA) is 84.7 Å². The maximum atomic E-state index is 13.3. The zero-order valence-electron chi connectivity index (χ0n) is 21.8. The Bertz CT molecular complexity index is 1570. The summed E-state index contributed by atoms with van der Waals surface area (Å²) >= 11 is 12.5. The molecule has 2 heterocycles. The van der Waals surface area contributed by atoms with Gasteiger partial charge in [0.1, 0.15) is 18.1 Å². The quantitative estimate of drug-likeness (QED) is 0.138. The van der Waals surface area contributed by atoms with Crippen LogP contribution in [0.15, 0.2) is 91.0 Å². The van der Waals surface area contributed by atoms with Gasteiger partial charge in [-0.2, -0.15) is 0 Å². The highest BCUT2D eigenvalue weighted by atomic mass is 35.5. The van der Waals surface area contributed by atoms with Crippen molar-refractivity contribution in [2.75, 3.05) is 6.54 Å². The van der Waals surface area contributed by atoms with E-state index in [9.17, 15) is 14.7 Å². The van der Waals surface area contributed by atoms with Crippen LogP contribution in [0.4, 0.5) is 0 Å². The molecule has 1 aromatic heterocycles. The van der Waals surface area contributed by atoms with E-state index in [1.807, 2.05) is 42.0 Å². The summed E-state index contributed by atoms with van der Waals surface area (Å²) in [5.41, 5.74) is 3.18. The van der Waals surface area contributed by atoms with Crippen LogP contribution in [0.3, 0.4) is 0 Å². The van der Waals surface area contributed by atoms with Crippen molar-refractivity contribution in [2.45, 2.75) is 32.5 Å². The number of Topliss-reactive ketones (excluding diaryl/α,β-unsaturated/α-hetero) is 1. The van der Waals surface area contributed by atoms with Gasteiger partial charge in [-0.3, -0.25) is 9.59 Å². The van der Waals surface area contributed by atoms with Gasteiger partial charge in [-0.25, -0.2) is 4.98 Å². The lowest BCUT2D eigenvalue weighted by molar-refractivity contribution is -0.139. The molecule has 0 spiro atoms. The van der Waals surface area contributed by atoms with E-state index in [2.05, 4.69) is 4.98 Å². The summed E-state index contributed by atoms with van der Waals surface area (Å²) in [7, 11) is 0. The largest absolute Gasteiger partial charge is 0.507 e. The first-order chi connectivity index (χ1) is 19.3. The van der Waals surface area contributed by atoms with Crippen LogP contribution in [-0.4, -0.2) is 37.8 Å². The number of carbonyl (C=O) groups excluding carboxylic acids is 2. The Labute approximate surface area is 242 Å². The zero-order chi connectivity index (χ0) is 28.2. The molecule has 1 unspecified atom stereocenters. The molecule has 7 nitrogen and oxygen atoms in total. The van der Waals surface area contributed by atoms with Crippen LogP contribution >= 0.6 is 23.2 Å². The van der Waals surface area contributed by atoms with Crippen molar-refractivity contribution >= 4 is 40.7 Å². The van der Waals surface area contributed by atoms with Crippen LogP contribution in [0, 0.1) is 6.92 Å². The van der Waals surface area contributed by atoms with Gasteiger partial charge in [0.2, 0.25) is 0 Å². The molecular weight excluding hydrogens is 549 g/mol. The molecule has 0 aliphatic carbocycles. The average molecular weight is 576 g/mol. The van der Waals surface area contributed by atoms with E-state index >= 15 is 0 Å². The Morgan fingerprint density at radius 2 is 1.77 bits per heavy atom. The Hall–Kier alpha value is -4.07. The number of amides is 1. The van der Waals surface area contributed by atoms with Gasteiger partial charge < -0.3 is 19.3 Å². The van der Waals surface area contributed by atoms with E-state index in [-0.39, 0.29) is 17.9 Å². The number of ketones is 1. The number of likely N-dealkylation sites (tertiary alicyclic amines) is 1. The second kappa shape index (κ2) is 12.0. The monoisotopic (exact) mass is 575 g/mol. The molecule has 1 N–H and O–H groups in total. The predicted octanol–water partition coefficient (Wildman–Crippen LogP) is 6.59. The molecular formula is C31H27Cl2N3O4. The van der Waals surface area contributed by atoms with Gasteiger partial charge in [0, 0.05) is 31.0 Å². The molecule has 5 rings (SSSR count). The van der Waals surface area contributed by atoms with Crippen LogP contribution in [0.5, 0.6) is 5.75 Å². The summed E-state index contributed by atoms with van der Waals surface area (Å²) in [4.78, 5) is 32.0. The molecule has 0 radical (unpaired) electrons. The van der Waals surface area contributed by atoms with E-state index < -0.39 is 17.7 Å². The van der Waals surface area contributed by atoms with Crippen molar-refractivity contribution in [3.63, 3.8) is 0 Å². The predicted molar refractivity (Wildman–Crippen MR) is 154 cm³/mol. The van der Waals surface area contributed by atoms with Crippen LogP contribution in [0.2, 0.25) is 10.0 Å². The fraction of sp³-hybridized carbons (Fsp3) is 0.194. The van der Waals surface area contributed by atoms with Crippen molar-refractivity contribution in [3.05, 3.63) is 123 Å². The second-order valence-electron chi connectivity index (χ2n) is 9.56. The molecule has 1 atom stereocenters. The van der Waals surface area contributed by atoms with Gasteiger partial charge in [0.05, 0.1) is 28.0 Å². The first-order valence-electron chi connectivity index (χ1n) is 12.8. The number of hydrogen-bond donors (Lipinski definition) is 1. The molecule has 1 aliphatic heterocycles.